The predicted molar refractivity (Wildman–Crippen MR) is 131 cm³/mol. The molecule has 1 saturated heterocycles. The number of likely N-dealkylation sites (tertiary alicyclic amines) is 1. The van der Waals surface area contributed by atoms with Crippen LogP contribution in [0, 0.1) is 11.6 Å². The average Bonchev–Trinajstić information content (AvgIpc) is 3.51. The molecule has 4 aromatic rings. The van der Waals surface area contributed by atoms with Crippen LogP contribution in [-0.2, 0) is 21.4 Å². The molecule has 0 spiro atoms. The van der Waals surface area contributed by atoms with Crippen LogP contribution < -0.4 is 5.32 Å². The number of carbonyl (C=O) groups excluding carboxylic acids is 2. The van der Waals surface area contributed by atoms with Crippen LogP contribution in [0.3, 0.4) is 0 Å². The summed E-state index contributed by atoms with van der Waals surface area (Å²) < 4.78 is 32.7. The third-order valence-electron chi connectivity index (χ3n) is 7.37. The Morgan fingerprint density at radius 2 is 1.78 bits per heavy atom. The van der Waals surface area contributed by atoms with E-state index in [9.17, 15) is 18.4 Å². The molecule has 182 valence electrons. The topological polar surface area (TPSA) is 74.4 Å². The van der Waals surface area contributed by atoms with Crippen LogP contribution >= 0.6 is 0 Å². The highest BCUT2D eigenvalue weighted by atomic mass is 19.1. The highest BCUT2D eigenvalue weighted by Gasteiger charge is 2.58. The number of anilines is 1. The normalized spacial score (nSPS) is 20.2. The summed E-state index contributed by atoms with van der Waals surface area (Å²) in [6.07, 6.45) is -0.0863. The molecule has 3 heterocycles. The number of fused-ring (bicyclic) bond motifs is 4. The van der Waals surface area contributed by atoms with E-state index in [2.05, 4.69) is 10.3 Å². The molecule has 1 amide bonds. The number of H-pyrrole nitrogens is 1. The van der Waals surface area contributed by atoms with Crippen molar-refractivity contribution in [3.8, 4) is 0 Å². The van der Waals surface area contributed by atoms with Crippen LogP contribution in [0.25, 0.3) is 10.9 Å². The molecule has 1 aromatic heterocycles. The van der Waals surface area contributed by atoms with E-state index < -0.39 is 29.2 Å². The molecule has 0 saturated carbocycles. The van der Waals surface area contributed by atoms with E-state index in [1.54, 1.807) is 4.90 Å². The number of aromatic nitrogens is 1. The molecule has 2 unspecified atom stereocenters. The maximum absolute atomic E-state index is 13.8. The lowest BCUT2D eigenvalue weighted by molar-refractivity contribution is -0.131. The van der Waals surface area contributed by atoms with Crippen LogP contribution in [0.2, 0.25) is 0 Å². The van der Waals surface area contributed by atoms with E-state index in [-0.39, 0.29) is 17.9 Å². The summed E-state index contributed by atoms with van der Waals surface area (Å²) in [7, 11) is 1.34. The summed E-state index contributed by atoms with van der Waals surface area (Å²) in [4.78, 5) is 31.4. The lowest BCUT2D eigenvalue weighted by atomic mass is 9.72. The number of methoxy groups -OCH3 is 1. The Morgan fingerprint density at radius 3 is 2.56 bits per heavy atom. The van der Waals surface area contributed by atoms with Gasteiger partial charge in [-0.05, 0) is 41.8 Å². The molecular weight excluding hydrogens is 464 g/mol. The molecule has 3 aromatic carbocycles. The highest BCUT2D eigenvalue weighted by Crippen LogP contribution is 2.55. The molecule has 2 aliphatic heterocycles. The molecule has 36 heavy (non-hydrogen) atoms. The van der Waals surface area contributed by atoms with Crippen molar-refractivity contribution < 1.29 is 23.1 Å². The highest BCUT2D eigenvalue weighted by molar-refractivity contribution is 6.00. The Labute approximate surface area is 205 Å². The Hall–Kier alpha value is -4.20. The number of amides is 1. The Balaban J connectivity index is 1.50. The van der Waals surface area contributed by atoms with Crippen molar-refractivity contribution in [2.24, 2.45) is 0 Å². The third-order valence-corrected chi connectivity index (χ3v) is 7.37. The van der Waals surface area contributed by atoms with Crippen LogP contribution in [0.4, 0.5) is 14.5 Å². The summed E-state index contributed by atoms with van der Waals surface area (Å²) >= 11 is 0. The number of aromatic amines is 1. The maximum Gasteiger partial charge on any atom is 0.354 e. The van der Waals surface area contributed by atoms with Crippen LogP contribution in [0.1, 0.15) is 33.6 Å². The minimum Gasteiger partial charge on any atom is -0.464 e. The molecule has 6 rings (SSSR count). The van der Waals surface area contributed by atoms with Gasteiger partial charge in [0.2, 0.25) is 5.91 Å². The number of benzene rings is 3. The maximum atomic E-state index is 13.8. The second-order valence-corrected chi connectivity index (χ2v) is 9.27. The van der Waals surface area contributed by atoms with Crippen molar-refractivity contribution >= 4 is 28.5 Å². The van der Waals surface area contributed by atoms with Gasteiger partial charge in [0.25, 0.3) is 0 Å². The van der Waals surface area contributed by atoms with Crippen molar-refractivity contribution in [3.63, 3.8) is 0 Å². The van der Waals surface area contributed by atoms with Crippen LogP contribution in [-0.4, -0.2) is 41.6 Å². The van der Waals surface area contributed by atoms with Gasteiger partial charge in [-0.2, -0.15) is 0 Å². The number of hydrogen-bond donors (Lipinski definition) is 2. The molecule has 8 heteroatoms. The summed E-state index contributed by atoms with van der Waals surface area (Å²) in [5.74, 6) is -2.19. The fourth-order valence-corrected chi connectivity index (χ4v) is 5.97. The summed E-state index contributed by atoms with van der Waals surface area (Å²) in [5.41, 5.74) is 3.32. The number of ether oxygens (including phenoxy) is 1. The average molecular weight is 488 g/mol. The largest absolute Gasteiger partial charge is 0.464 e. The van der Waals surface area contributed by atoms with Gasteiger partial charge in [0, 0.05) is 34.8 Å². The van der Waals surface area contributed by atoms with Gasteiger partial charge in [0.05, 0.1) is 18.9 Å². The standard InChI is InChI=1S/C28H23F2N3O3/c1-36-26(35)25-24(19-6-2-4-8-21(19)31-25)28-10-11-33(27(28)32-22-9-5-3-7-20(22)28)23(34)14-16-12-17(29)15-18(30)13-16/h2-9,12-13,15,27,31-32H,10-11,14H2,1H3. The second kappa shape index (κ2) is 8.19. The van der Waals surface area contributed by atoms with Crippen molar-refractivity contribution in [1.29, 1.82) is 0 Å². The van der Waals surface area contributed by atoms with E-state index in [4.69, 9.17) is 4.74 Å². The van der Waals surface area contributed by atoms with Gasteiger partial charge in [-0.15, -0.1) is 0 Å². The van der Waals surface area contributed by atoms with E-state index >= 15 is 0 Å². The van der Waals surface area contributed by atoms with Crippen LogP contribution in [0.15, 0.2) is 66.7 Å². The number of rotatable bonds is 4. The molecule has 0 bridgehead atoms. The minimum atomic E-state index is -0.734. The number of para-hydroxylation sites is 2. The van der Waals surface area contributed by atoms with Gasteiger partial charge >= 0.3 is 5.97 Å². The zero-order valence-corrected chi connectivity index (χ0v) is 19.5. The zero-order valence-electron chi connectivity index (χ0n) is 19.5. The molecule has 1 fully saturated rings. The smallest absolute Gasteiger partial charge is 0.354 e. The lowest BCUT2D eigenvalue weighted by Gasteiger charge is -2.33. The third kappa shape index (κ3) is 3.21. The summed E-state index contributed by atoms with van der Waals surface area (Å²) in [5, 5.41) is 4.38. The van der Waals surface area contributed by atoms with Crippen molar-refractivity contribution in [3.05, 3.63) is 101 Å². The monoisotopic (exact) mass is 487 g/mol. The Bertz CT molecular complexity index is 1510. The van der Waals surface area contributed by atoms with Crippen molar-refractivity contribution in [2.75, 3.05) is 19.0 Å². The van der Waals surface area contributed by atoms with Crippen molar-refractivity contribution in [2.45, 2.75) is 24.4 Å². The molecule has 2 aliphatic rings. The summed E-state index contributed by atoms with van der Waals surface area (Å²) in [6, 6.07) is 18.6. The van der Waals surface area contributed by atoms with E-state index in [0.717, 1.165) is 33.8 Å². The fraction of sp³-hybridized carbons (Fsp3) is 0.214. The Morgan fingerprint density at radius 1 is 1.06 bits per heavy atom. The number of hydrogen-bond acceptors (Lipinski definition) is 4. The minimum absolute atomic E-state index is 0.142. The molecular formula is C28H23F2N3O3. The SMILES string of the molecule is COC(=O)c1[nH]c2ccccc2c1C12CCN(C(=O)Cc3cc(F)cc(F)c3)C1Nc1ccccc12. The zero-order chi connectivity index (χ0) is 25.0. The van der Waals surface area contributed by atoms with Gasteiger partial charge in [-0.1, -0.05) is 36.4 Å². The molecule has 2 N–H and O–H groups in total. The molecule has 6 nitrogen and oxygen atoms in total. The number of carbonyl (C=O) groups is 2. The predicted octanol–water partition coefficient (Wildman–Crippen LogP) is 4.75. The number of halogens is 2. The first-order valence-corrected chi connectivity index (χ1v) is 11.7. The van der Waals surface area contributed by atoms with Gasteiger partial charge < -0.3 is 19.9 Å². The lowest BCUT2D eigenvalue weighted by Crippen LogP contribution is -2.47. The number of nitrogens with one attached hydrogen (secondary N) is 2. The first-order valence-electron chi connectivity index (χ1n) is 11.7. The first kappa shape index (κ1) is 22.3. The van der Waals surface area contributed by atoms with Gasteiger partial charge in [0.15, 0.2) is 0 Å². The number of nitrogens with zero attached hydrogens (tertiary/aromatic N) is 1. The molecule has 0 aliphatic carbocycles. The summed E-state index contributed by atoms with van der Waals surface area (Å²) in [6.45, 7) is 0.406. The van der Waals surface area contributed by atoms with Gasteiger partial charge in [0.1, 0.15) is 23.5 Å². The number of esters is 1. The molecule has 2 atom stereocenters. The fourth-order valence-electron chi connectivity index (χ4n) is 5.97. The van der Waals surface area contributed by atoms with Gasteiger partial charge in [-0.25, -0.2) is 13.6 Å². The van der Waals surface area contributed by atoms with E-state index in [1.165, 1.54) is 19.2 Å². The second-order valence-electron chi connectivity index (χ2n) is 9.27. The first-order chi connectivity index (χ1) is 17.4. The van der Waals surface area contributed by atoms with E-state index in [0.29, 0.717) is 18.7 Å². The van der Waals surface area contributed by atoms with Crippen molar-refractivity contribution in [1.82, 2.24) is 9.88 Å². The Kier molecular flexibility index (Phi) is 5.07. The molecule has 0 radical (unpaired) electrons. The quantitative estimate of drug-likeness (QED) is 0.408. The van der Waals surface area contributed by atoms with Crippen LogP contribution in [0.5, 0.6) is 0 Å². The van der Waals surface area contributed by atoms with E-state index in [1.807, 2.05) is 48.5 Å². The van der Waals surface area contributed by atoms with Gasteiger partial charge in [-0.3, -0.25) is 4.79 Å².